The van der Waals surface area contributed by atoms with E-state index in [9.17, 15) is 9.59 Å². The van der Waals surface area contributed by atoms with E-state index in [4.69, 9.17) is 4.74 Å². The van der Waals surface area contributed by atoms with Crippen molar-refractivity contribution in [3.63, 3.8) is 0 Å². The van der Waals surface area contributed by atoms with Crippen molar-refractivity contribution < 1.29 is 14.3 Å². The second-order valence-electron chi connectivity index (χ2n) is 8.11. The first-order valence-electron chi connectivity index (χ1n) is 10.7. The number of hydrogen-bond acceptors (Lipinski definition) is 3. The molecule has 1 unspecified atom stereocenters. The van der Waals surface area contributed by atoms with Crippen molar-refractivity contribution in [2.24, 2.45) is 5.92 Å². The van der Waals surface area contributed by atoms with Gasteiger partial charge in [0.05, 0.1) is 0 Å². The lowest BCUT2D eigenvalue weighted by molar-refractivity contribution is -0.139. The lowest BCUT2D eigenvalue weighted by atomic mass is 9.99. The first-order chi connectivity index (χ1) is 13.3. The highest BCUT2D eigenvalue weighted by Crippen LogP contribution is 2.20. The van der Waals surface area contributed by atoms with Crippen molar-refractivity contribution in [2.75, 3.05) is 13.1 Å². The van der Waals surface area contributed by atoms with Crippen LogP contribution in [0, 0.1) is 5.92 Å². The average molecular weight is 389 g/mol. The van der Waals surface area contributed by atoms with Crippen molar-refractivity contribution >= 4 is 11.8 Å². The van der Waals surface area contributed by atoms with Crippen LogP contribution in [0.15, 0.2) is 24.3 Å². The summed E-state index contributed by atoms with van der Waals surface area (Å²) >= 11 is 0. The second kappa shape index (κ2) is 10.5. The first kappa shape index (κ1) is 22.3. The highest BCUT2D eigenvalue weighted by Gasteiger charge is 2.28. The van der Waals surface area contributed by atoms with E-state index < -0.39 is 6.10 Å². The number of ether oxygens (including phenoxy) is 1. The van der Waals surface area contributed by atoms with Crippen LogP contribution in [0.3, 0.4) is 0 Å². The van der Waals surface area contributed by atoms with Gasteiger partial charge in [0.15, 0.2) is 6.10 Å². The standard InChI is InChI=1S/C23H36N2O3/c1-6-18(7-2)22(26)24-20-12-14-25(15-13-20)23(27)17(5)28-21-10-8-19(9-11-21)16(3)4/h8-11,16-18,20H,6-7,12-15H2,1-5H3,(H,24,26). The maximum absolute atomic E-state index is 12.7. The van der Waals surface area contributed by atoms with E-state index in [2.05, 4.69) is 19.2 Å². The molecule has 5 heteroatoms. The molecule has 1 aromatic rings. The summed E-state index contributed by atoms with van der Waals surface area (Å²) in [5, 5.41) is 3.16. The fourth-order valence-electron chi connectivity index (χ4n) is 3.67. The van der Waals surface area contributed by atoms with Crippen molar-refractivity contribution in [1.29, 1.82) is 0 Å². The number of benzene rings is 1. The average Bonchev–Trinajstić information content (AvgIpc) is 2.69. The third kappa shape index (κ3) is 5.98. The van der Waals surface area contributed by atoms with E-state index in [0.717, 1.165) is 31.4 Å². The lowest BCUT2D eigenvalue weighted by Crippen LogP contribution is -2.50. The van der Waals surface area contributed by atoms with Gasteiger partial charge in [0, 0.05) is 25.0 Å². The zero-order valence-corrected chi connectivity index (χ0v) is 18.0. The molecule has 1 atom stereocenters. The molecule has 0 aliphatic carbocycles. The number of nitrogens with zero attached hydrogens (tertiary/aromatic N) is 1. The monoisotopic (exact) mass is 388 g/mol. The molecule has 156 valence electrons. The Morgan fingerprint density at radius 1 is 1.07 bits per heavy atom. The quantitative estimate of drug-likeness (QED) is 0.729. The summed E-state index contributed by atoms with van der Waals surface area (Å²) in [6, 6.07) is 8.12. The Morgan fingerprint density at radius 3 is 2.14 bits per heavy atom. The van der Waals surface area contributed by atoms with Crippen LogP contribution in [0.1, 0.15) is 71.8 Å². The van der Waals surface area contributed by atoms with Crippen LogP contribution >= 0.6 is 0 Å². The van der Waals surface area contributed by atoms with E-state index in [-0.39, 0.29) is 23.8 Å². The Labute approximate surface area is 169 Å². The molecular formula is C23H36N2O3. The number of nitrogens with one attached hydrogen (secondary N) is 1. The summed E-state index contributed by atoms with van der Waals surface area (Å²) in [6.07, 6.45) is 2.82. The van der Waals surface area contributed by atoms with Crippen molar-refractivity contribution in [3.05, 3.63) is 29.8 Å². The summed E-state index contributed by atoms with van der Waals surface area (Å²) in [4.78, 5) is 26.8. The molecule has 0 saturated carbocycles. The molecular weight excluding hydrogens is 352 g/mol. The van der Waals surface area contributed by atoms with Crippen LogP contribution in [-0.2, 0) is 9.59 Å². The SMILES string of the molecule is CCC(CC)C(=O)NC1CCN(C(=O)C(C)Oc2ccc(C(C)C)cc2)CC1. The predicted octanol–water partition coefficient (Wildman–Crippen LogP) is 4.12. The van der Waals surface area contributed by atoms with Crippen LogP contribution < -0.4 is 10.1 Å². The Hall–Kier alpha value is -2.04. The molecule has 1 aliphatic rings. The third-order valence-electron chi connectivity index (χ3n) is 5.72. The highest BCUT2D eigenvalue weighted by atomic mass is 16.5. The summed E-state index contributed by atoms with van der Waals surface area (Å²) in [5.74, 6) is 1.45. The minimum Gasteiger partial charge on any atom is -0.481 e. The minimum absolute atomic E-state index is 0.0118. The van der Waals surface area contributed by atoms with E-state index in [0.29, 0.717) is 19.0 Å². The number of hydrogen-bond donors (Lipinski definition) is 1. The van der Waals surface area contributed by atoms with E-state index in [1.165, 1.54) is 5.56 Å². The van der Waals surface area contributed by atoms with Gasteiger partial charge in [-0.05, 0) is 56.2 Å². The van der Waals surface area contributed by atoms with Crippen molar-refractivity contribution in [3.8, 4) is 5.75 Å². The topological polar surface area (TPSA) is 58.6 Å². The molecule has 0 radical (unpaired) electrons. The van der Waals surface area contributed by atoms with E-state index in [1.54, 1.807) is 6.92 Å². The zero-order chi connectivity index (χ0) is 20.7. The number of carbonyl (C=O) groups is 2. The van der Waals surface area contributed by atoms with Crippen LogP contribution in [-0.4, -0.2) is 41.9 Å². The molecule has 0 bridgehead atoms. The predicted molar refractivity (Wildman–Crippen MR) is 112 cm³/mol. The Bertz CT molecular complexity index is 630. The number of carbonyl (C=O) groups excluding carboxylic acids is 2. The Morgan fingerprint density at radius 2 is 1.64 bits per heavy atom. The molecule has 1 aliphatic heterocycles. The van der Waals surface area contributed by atoms with E-state index in [1.807, 2.05) is 43.0 Å². The molecule has 0 spiro atoms. The van der Waals surface area contributed by atoms with Gasteiger partial charge >= 0.3 is 0 Å². The smallest absolute Gasteiger partial charge is 0.263 e. The highest BCUT2D eigenvalue weighted by molar-refractivity contribution is 5.81. The minimum atomic E-state index is -0.513. The van der Waals surface area contributed by atoms with Crippen LogP contribution in [0.5, 0.6) is 5.75 Å². The summed E-state index contributed by atoms with van der Waals surface area (Å²) in [6.45, 7) is 11.5. The van der Waals surface area contributed by atoms with Gasteiger partial charge in [-0.25, -0.2) is 0 Å². The first-order valence-corrected chi connectivity index (χ1v) is 10.7. The molecule has 0 aromatic heterocycles. The van der Waals surface area contributed by atoms with Crippen LogP contribution in [0.2, 0.25) is 0 Å². The molecule has 2 amide bonds. The zero-order valence-electron chi connectivity index (χ0n) is 18.0. The van der Waals surface area contributed by atoms with Crippen LogP contribution in [0.4, 0.5) is 0 Å². The van der Waals surface area contributed by atoms with Crippen molar-refractivity contribution in [2.45, 2.75) is 78.4 Å². The number of amides is 2. The van der Waals surface area contributed by atoms with Gasteiger partial charge in [-0.15, -0.1) is 0 Å². The molecule has 1 fully saturated rings. The van der Waals surface area contributed by atoms with Crippen LogP contribution in [0.25, 0.3) is 0 Å². The number of piperidine rings is 1. The van der Waals surface area contributed by atoms with Gasteiger partial charge < -0.3 is 15.0 Å². The van der Waals surface area contributed by atoms with Gasteiger partial charge in [-0.1, -0.05) is 39.8 Å². The fraction of sp³-hybridized carbons (Fsp3) is 0.652. The normalized spacial score (nSPS) is 16.3. The Balaban J connectivity index is 1.81. The van der Waals surface area contributed by atoms with Gasteiger partial charge in [0.25, 0.3) is 5.91 Å². The molecule has 5 nitrogen and oxygen atoms in total. The van der Waals surface area contributed by atoms with Gasteiger partial charge in [-0.3, -0.25) is 9.59 Å². The third-order valence-corrected chi connectivity index (χ3v) is 5.72. The maximum Gasteiger partial charge on any atom is 0.263 e. The largest absolute Gasteiger partial charge is 0.481 e. The number of likely N-dealkylation sites (tertiary alicyclic amines) is 1. The molecule has 1 heterocycles. The summed E-state index contributed by atoms with van der Waals surface area (Å²) in [7, 11) is 0. The number of rotatable bonds is 8. The van der Waals surface area contributed by atoms with Gasteiger partial charge in [-0.2, -0.15) is 0 Å². The fourth-order valence-corrected chi connectivity index (χ4v) is 3.67. The molecule has 1 aromatic carbocycles. The summed E-state index contributed by atoms with van der Waals surface area (Å²) < 4.78 is 5.86. The lowest BCUT2D eigenvalue weighted by Gasteiger charge is -2.34. The maximum atomic E-state index is 12.7. The Kier molecular flexibility index (Phi) is 8.34. The molecule has 1 N–H and O–H groups in total. The molecule has 28 heavy (non-hydrogen) atoms. The summed E-state index contributed by atoms with van der Waals surface area (Å²) in [5.41, 5.74) is 1.25. The molecule has 1 saturated heterocycles. The second-order valence-corrected chi connectivity index (χ2v) is 8.11. The van der Waals surface area contributed by atoms with E-state index >= 15 is 0 Å². The molecule has 2 rings (SSSR count). The van der Waals surface area contributed by atoms with Gasteiger partial charge in [0.1, 0.15) is 5.75 Å². The van der Waals surface area contributed by atoms with Gasteiger partial charge in [0.2, 0.25) is 5.91 Å². The van der Waals surface area contributed by atoms with Crippen molar-refractivity contribution in [1.82, 2.24) is 10.2 Å².